The van der Waals surface area contributed by atoms with Gasteiger partial charge in [0.2, 0.25) is 0 Å². The molecule has 1 N–H and O–H groups in total. The number of carbonyl (C=O) groups excluding carboxylic acids is 1. The number of ether oxygens (including phenoxy) is 1. The number of thiophene rings is 1. The van der Waals surface area contributed by atoms with Crippen molar-refractivity contribution in [1.82, 2.24) is 0 Å². The quantitative estimate of drug-likeness (QED) is 0.792. The van der Waals surface area contributed by atoms with Crippen molar-refractivity contribution in [3.05, 3.63) is 58.7 Å². The fraction of sp³-hybridized carbons (Fsp3) is 0.278. The molecule has 1 unspecified atom stereocenters. The molecule has 25 heavy (non-hydrogen) atoms. The van der Waals surface area contributed by atoms with Crippen LogP contribution in [0.2, 0.25) is 0 Å². The third kappa shape index (κ3) is 4.70. The van der Waals surface area contributed by atoms with Gasteiger partial charge < -0.3 is 5.11 Å². The number of aliphatic hydroxyl groups is 1. The molecular weight excluding hydrogens is 353 g/mol. The van der Waals surface area contributed by atoms with E-state index in [2.05, 4.69) is 4.74 Å². The summed E-state index contributed by atoms with van der Waals surface area (Å²) in [6.45, 7) is -0.536. The third-order valence-corrected chi connectivity index (χ3v) is 5.17. The van der Waals surface area contributed by atoms with Gasteiger partial charge in [0, 0.05) is 34.6 Å². The van der Waals surface area contributed by atoms with Crippen LogP contribution in [-0.2, 0) is 16.1 Å². The maximum absolute atomic E-state index is 12.2. The summed E-state index contributed by atoms with van der Waals surface area (Å²) in [5.41, 5.74) is 1.22. The Balaban J connectivity index is 1.76. The molecule has 7 heteroatoms. The lowest BCUT2D eigenvalue weighted by Crippen LogP contribution is -2.12. The van der Waals surface area contributed by atoms with Crippen LogP contribution in [0.1, 0.15) is 29.2 Å². The second kappa shape index (κ2) is 7.01. The standard InChI is InChI=1S/C18H15F3O3S/c19-18(20,21)24-10-11-2-1-3-12(6-11)16-4-5-17(25-16)13-7-14(22)9-15(23)8-13/h1-6,9,13,22H,7-8,10H2. The molecule has 132 valence electrons. The average molecular weight is 368 g/mol. The number of ketones is 1. The summed E-state index contributed by atoms with van der Waals surface area (Å²) in [4.78, 5) is 13.5. The molecule has 1 atom stereocenters. The predicted molar refractivity (Wildman–Crippen MR) is 88.3 cm³/mol. The fourth-order valence-corrected chi connectivity index (χ4v) is 3.88. The summed E-state index contributed by atoms with van der Waals surface area (Å²) in [7, 11) is 0. The Morgan fingerprint density at radius 1 is 1.20 bits per heavy atom. The number of benzene rings is 1. The Kier molecular flexibility index (Phi) is 4.96. The summed E-state index contributed by atoms with van der Waals surface area (Å²) in [6.07, 6.45) is -2.63. The van der Waals surface area contributed by atoms with Gasteiger partial charge in [0.05, 0.1) is 12.4 Å². The minimum atomic E-state index is -4.66. The Morgan fingerprint density at radius 2 is 2.00 bits per heavy atom. The summed E-state index contributed by atoms with van der Waals surface area (Å²) < 4.78 is 40.4. The van der Waals surface area contributed by atoms with Crippen molar-refractivity contribution in [2.45, 2.75) is 31.7 Å². The van der Waals surface area contributed by atoms with E-state index in [1.54, 1.807) is 18.2 Å². The van der Waals surface area contributed by atoms with E-state index in [0.29, 0.717) is 18.4 Å². The van der Waals surface area contributed by atoms with Gasteiger partial charge in [-0.3, -0.25) is 9.53 Å². The van der Waals surface area contributed by atoms with Crippen LogP contribution in [-0.4, -0.2) is 17.3 Å². The monoisotopic (exact) mass is 368 g/mol. The SMILES string of the molecule is O=C1C=C(O)CC(c2ccc(-c3cccc(COC(F)(F)F)c3)s2)C1. The summed E-state index contributed by atoms with van der Waals surface area (Å²) >= 11 is 1.48. The molecule has 1 heterocycles. The number of allylic oxidation sites excluding steroid dienone is 2. The van der Waals surface area contributed by atoms with Crippen LogP contribution in [0.25, 0.3) is 10.4 Å². The molecule has 3 rings (SSSR count). The van der Waals surface area contributed by atoms with Gasteiger partial charge in [0.25, 0.3) is 0 Å². The highest BCUT2D eigenvalue weighted by Gasteiger charge is 2.29. The van der Waals surface area contributed by atoms with E-state index in [-0.39, 0.29) is 17.5 Å². The van der Waals surface area contributed by atoms with E-state index in [1.165, 1.54) is 17.4 Å². The van der Waals surface area contributed by atoms with E-state index in [4.69, 9.17) is 0 Å². The van der Waals surface area contributed by atoms with Crippen molar-refractivity contribution in [2.75, 3.05) is 0 Å². The van der Waals surface area contributed by atoms with Crippen molar-refractivity contribution in [1.29, 1.82) is 0 Å². The van der Waals surface area contributed by atoms with Crippen molar-refractivity contribution in [3.8, 4) is 10.4 Å². The zero-order valence-corrected chi connectivity index (χ0v) is 13.9. The molecule has 1 aromatic heterocycles. The Bertz CT molecular complexity index is 808. The van der Waals surface area contributed by atoms with Gasteiger partial charge in [-0.25, -0.2) is 0 Å². The minimum Gasteiger partial charge on any atom is -0.512 e. The molecule has 0 spiro atoms. The Labute approximate surface area is 146 Å². The first-order chi connectivity index (χ1) is 11.8. The van der Waals surface area contributed by atoms with Gasteiger partial charge in [0.1, 0.15) is 0 Å². The van der Waals surface area contributed by atoms with Crippen LogP contribution in [0.15, 0.2) is 48.2 Å². The first-order valence-corrected chi connectivity index (χ1v) is 8.44. The van der Waals surface area contributed by atoms with Crippen molar-refractivity contribution < 1.29 is 27.8 Å². The lowest BCUT2D eigenvalue weighted by atomic mass is 9.91. The van der Waals surface area contributed by atoms with Gasteiger partial charge in [-0.05, 0) is 29.3 Å². The molecule has 0 fully saturated rings. The van der Waals surface area contributed by atoms with Crippen LogP contribution < -0.4 is 0 Å². The van der Waals surface area contributed by atoms with Crippen LogP contribution >= 0.6 is 11.3 Å². The molecule has 0 saturated carbocycles. The molecular formula is C18H15F3O3S. The first kappa shape index (κ1) is 17.7. The summed E-state index contributed by atoms with van der Waals surface area (Å²) in [5, 5.41) is 9.64. The van der Waals surface area contributed by atoms with E-state index in [1.807, 2.05) is 18.2 Å². The average Bonchev–Trinajstić information content (AvgIpc) is 3.02. The second-order valence-electron chi connectivity index (χ2n) is 5.84. The van der Waals surface area contributed by atoms with Crippen molar-refractivity contribution >= 4 is 17.1 Å². The number of halogens is 3. The number of carbonyl (C=O) groups is 1. The highest BCUT2D eigenvalue weighted by molar-refractivity contribution is 7.15. The lowest BCUT2D eigenvalue weighted by molar-refractivity contribution is -0.330. The molecule has 3 nitrogen and oxygen atoms in total. The topological polar surface area (TPSA) is 46.5 Å². The molecule has 1 aliphatic carbocycles. The third-order valence-electron chi connectivity index (χ3n) is 3.87. The number of aliphatic hydroxyl groups excluding tert-OH is 1. The molecule has 0 amide bonds. The predicted octanol–water partition coefficient (Wildman–Crippen LogP) is 5.34. The van der Waals surface area contributed by atoms with E-state index >= 15 is 0 Å². The van der Waals surface area contributed by atoms with Gasteiger partial charge in [-0.2, -0.15) is 0 Å². The van der Waals surface area contributed by atoms with E-state index in [0.717, 1.165) is 15.3 Å². The van der Waals surface area contributed by atoms with Gasteiger partial charge in [0.15, 0.2) is 5.78 Å². The maximum Gasteiger partial charge on any atom is 0.522 e. The lowest BCUT2D eigenvalue weighted by Gasteiger charge is -2.17. The summed E-state index contributed by atoms with van der Waals surface area (Å²) in [6, 6.07) is 10.5. The largest absolute Gasteiger partial charge is 0.522 e. The van der Waals surface area contributed by atoms with Crippen LogP contribution in [0.4, 0.5) is 13.2 Å². The molecule has 0 bridgehead atoms. The number of hydrogen-bond donors (Lipinski definition) is 1. The summed E-state index contributed by atoms with van der Waals surface area (Å²) in [5.74, 6) is -0.0783. The van der Waals surface area contributed by atoms with Crippen molar-refractivity contribution in [3.63, 3.8) is 0 Å². The number of rotatable bonds is 4. The number of alkyl halides is 3. The molecule has 0 saturated heterocycles. The van der Waals surface area contributed by atoms with Gasteiger partial charge in [-0.1, -0.05) is 18.2 Å². The normalized spacial score (nSPS) is 18.3. The number of hydrogen-bond acceptors (Lipinski definition) is 4. The van der Waals surface area contributed by atoms with Crippen LogP contribution in [0, 0.1) is 0 Å². The second-order valence-corrected chi connectivity index (χ2v) is 6.96. The maximum atomic E-state index is 12.2. The first-order valence-electron chi connectivity index (χ1n) is 7.62. The molecule has 1 aromatic carbocycles. The highest BCUT2D eigenvalue weighted by Crippen LogP contribution is 2.38. The smallest absolute Gasteiger partial charge is 0.512 e. The van der Waals surface area contributed by atoms with Crippen LogP contribution in [0.5, 0.6) is 0 Å². The highest BCUT2D eigenvalue weighted by atomic mass is 32.1. The molecule has 0 radical (unpaired) electrons. The molecule has 1 aliphatic rings. The zero-order chi connectivity index (χ0) is 18.0. The fourth-order valence-electron chi connectivity index (χ4n) is 2.78. The van der Waals surface area contributed by atoms with Crippen LogP contribution in [0.3, 0.4) is 0 Å². The minimum absolute atomic E-state index is 0.0620. The Hall–Kier alpha value is -2.12. The molecule has 0 aliphatic heterocycles. The van der Waals surface area contributed by atoms with Crippen molar-refractivity contribution in [2.24, 2.45) is 0 Å². The zero-order valence-electron chi connectivity index (χ0n) is 13.0. The molecule has 2 aromatic rings. The van der Waals surface area contributed by atoms with E-state index in [9.17, 15) is 23.1 Å². The van der Waals surface area contributed by atoms with Gasteiger partial charge >= 0.3 is 6.36 Å². The van der Waals surface area contributed by atoms with E-state index < -0.39 is 13.0 Å². The van der Waals surface area contributed by atoms with Gasteiger partial charge in [-0.15, -0.1) is 24.5 Å². The Morgan fingerprint density at radius 3 is 2.72 bits per heavy atom.